The van der Waals surface area contributed by atoms with E-state index in [2.05, 4.69) is 10.6 Å². The van der Waals surface area contributed by atoms with Crippen LogP contribution in [0.25, 0.3) is 0 Å². The molecule has 3 amide bonds. The predicted octanol–water partition coefficient (Wildman–Crippen LogP) is 1.39. The Hall–Kier alpha value is -1.96. The first kappa shape index (κ1) is 19.4. The standard InChI is InChI=1S/C17H21N3O4.ClH/c1-10-9-12(19-17(23)16-11(2)24-8-7-18-16)3-4-13(10)20-14(21)5-6-15(20)22;/h3-4,9,11,16,18H,5-8H2,1-2H3,(H,19,23);1H/t11-,16+;/m1./s1. The van der Waals surface area contributed by atoms with E-state index in [-0.39, 0.29) is 49.1 Å². The summed E-state index contributed by atoms with van der Waals surface area (Å²) in [6, 6.07) is 4.76. The maximum absolute atomic E-state index is 12.4. The number of aryl methyl sites for hydroxylation is 1. The Morgan fingerprint density at radius 1 is 1.28 bits per heavy atom. The van der Waals surface area contributed by atoms with Crippen LogP contribution in [0.5, 0.6) is 0 Å². The molecule has 0 saturated carbocycles. The van der Waals surface area contributed by atoms with E-state index >= 15 is 0 Å². The molecule has 136 valence electrons. The topological polar surface area (TPSA) is 87.7 Å². The third-order valence-corrected chi connectivity index (χ3v) is 4.36. The summed E-state index contributed by atoms with van der Waals surface area (Å²) in [6.07, 6.45) is 0.309. The van der Waals surface area contributed by atoms with Gasteiger partial charge in [0.2, 0.25) is 17.7 Å². The first-order chi connectivity index (χ1) is 11.5. The predicted molar refractivity (Wildman–Crippen MR) is 96.0 cm³/mol. The van der Waals surface area contributed by atoms with Crippen molar-refractivity contribution in [1.29, 1.82) is 0 Å². The molecule has 2 aliphatic heterocycles. The molecule has 0 spiro atoms. The van der Waals surface area contributed by atoms with Crippen molar-refractivity contribution in [2.24, 2.45) is 0 Å². The summed E-state index contributed by atoms with van der Waals surface area (Å²) in [6.45, 7) is 4.90. The molecule has 8 heteroatoms. The van der Waals surface area contributed by atoms with E-state index in [1.54, 1.807) is 18.2 Å². The summed E-state index contributed by atoms with van der Waals surface area (Å²) in [4.78, 5) is 37.3. The molecule has 2 N–H and O–H groups in total. The zero-order valence-electron chi connectivity index (χ0n) is 14.2. The number of hydrogen-bond donors (Lipinski definition) is 2. The number of amides is 3. The molecule has 2 heterocycles. The Balaban J connectivity index is 0.00000225. The minimum absolute atomic E-state index is 0. The van der Waals surface area contributed by atoms with Gasteiger partial charge in [-0.3, -0.25) is 19.3 Å². The fourth-order valence-corrected chi connectivity index (χ4v) is 3.08. The number of ether oxygens (including phenoxy) is 1. The van der Waals surface area contributed by atoms with Gasteiger partial charge in [0, 0.05) is 25.1 Å². The first-order valence-corrected chi connectivity index (χ1v) is 8.09. The van der Waals surface area contributed by atoms with Gasteiger partial charge < -0.3 is 15.4 Å². The van der Waals surface area contributed by atoms with E-state index in [0.717, 1.165) is 5.56 Å². The van der Waals surface area contributed by atoms with E-state index < -0.39 is 6.04 Å². The van der Waals surface area contributed by atoms with Gasteiger partial charge in [-0.2, -0.15) is 0 Å². The lowest BCUT2D eigenvalue weighted by Gasteiger charge is -2.29. The van der Waals surface area contributed by atoms with Crippen LogP contribution in [-0.2, 0) is 19.1 Å². The number of carbonyl (C=O) groups excluding carboxylic acids is 3. The minimum Gasteiger partial charge on any atom is -0.375 e. The number of anilines is 2. The molecule has 0 unspecified atom stereocenters. The quantitative estimate of drug-likeness (QED) is 0.788. The number of halogens is 1. The van der Waals surface area contributed by atoms with E-state index in [0.29, 0.717) is 24.5 Å². The Bertz CT molecular complexity index is 678. The van der Waals surface area contributed by atoms with Gasteiger partial charge in [-0.05, 0) is 37.6 Å². The van der Waals surface area contributed by atoms with Gasteiger partial charge in [0.15, 0.2) is 0 Å². The zero-order valence-corrected chi connectivity index (χ0v) is 15.0. The fraction of sp³-hybridized carbons (Fsp3) is 0.471. The molecule has 0 radical (unpaired) electrons. The Morgan fingerprint density at radius 3 is 2.56 bits per heavy atom. The highest BCUT2D eigenvalue weighted by atomic mass is 35.5. The summed E-state index contributed by atoms with van der Waals surface area (Å²) < 4.78 is 5.48. The lowest BCUT2D eigenvalue weighted by Crippen LogP contribution is -2.53. The first-order valence-electron chi connectivity index (χ1n) is 8.09. The van der Waals surface area contributed by atoms with E-state index in [1.165, 1.54) is 4.90 Å². The molecular weight excluding hydrogens is 346 g/mol. The normalized spacial score (nSPS) is 23.4. The highest BCUT2D eigenvalue weighted by Gasteiger charge is 2.31. The maximum atomic E-state index is 12.4. The highest BCUT2D eigenvalue weighted by molar-refractivity contribution is 6.20. The highest BCUT2D eigenvalue weighted by Crippen LogP contribution is 2.28. The molecule has 2 fully saturated rings. The van der Waals surface area contributed by atoms with Crippen molar-refractivity contribution in [1.82, 2.24) is 5.32 Å². The van der Waals surface area contributed by atoms with Crippen molar-refractivity contribution in [3.63, 3.8) is 0 Å². The molecule has 2 saturated heterocycles. The number of imide groups is 1. The summed E-state index contributed by atoms with van der Waals surface area (Å²) in [5.41, 5.74) is 1.96. The summed E-state index contributed by atoms with van der Waals surface area (Å²) in [5.74, 6) is -0.530. The number of rotatable bonds is 3. The molecular formula is C17H22ClN3O4. The van der Waals surface area contributed by atoms with Gasteiger partial charge in [-0.1, -0.05) is 0 Å². The van der Waals surface area contributed by atoms with E-state index in [9.17, 15) is 14.4 Å². The van der Waals surface area contributed by atoms with Crippen molar-refractivity contribution in [2.75, 3.05) is 23.4 Å². The molecule has 7 nitrogen and oxygen atoms in total. The Morgan fingerprint density at radius 2 is 1.96 bits per heavy atom. The van der Waals surface area contributed by atoms with Crippen LogP contribution in [0.4, 0.5) is 11.4 Å². The van der Waals surface area contributed by atoms with Crippen LogP contribution in [0, 0.1) is 6.92 Å². The molecule has 0 aromatic heterocycles. The fourth-order valence-electron chi connectivity index (χ4n) is 3.08. The molecule has 1 aromatic carbocycles. The second kappa shape index (κ2) is 7.95. The number of nitrogens with one attached hydrogen (secondary N) is 2. The Labute approximate surface area is 152 Å². The van der Waals surface area contributed by atoms with Gasteiger partial charge in [0.1, 0.15) is 6.04 Å². The lowest BCUT2D eigenvalue weighted by atomic mass is 10.1. The second-order valence-electron chi connectivity index (χ2n) is 6.12. The molecule has 1 aromatic rings. The number of morpholine rings is 1. The summed E-state index contributed by atoms with van der Waals surface area (Å²) in [7, 11) is 0. The maximum Gasteiger partial charge on any atom is 0.244 e. The van der Waals surface area contributed by atoms with Crippen LogP contribution < -0.4 is 15.5 Å². The second-order valence-corrected chi connectivity index (χ2v) is 6.12. The number of benzene rings is 1. The number of hydrogen-bond acceptors (Lipinski definition) is 5. The molecule has 0 aliphatic carbocycles. The van der Waals surface area contributed by atoms with Crippen LogP contribution in [0.2, 0.25) is 0 Å². The molecule has 2 aliphatic rings. The van der Waals surface area contributed by atoms with Gasteiger partial charge >= 0.3 is 0 Å². The van der Waals surface area contributed by atoms with E-state index in [4.69, 9.17) is 4.74 Å². The lowest BCUT2D eigenvalue weighted by molar-refractivity contribution is -0.124. The molecule has 25 heavy (non-hydrogen) atoms. The number of nitrogens with zero attached hydrogens (tertiary/aromatic N) is 1. The van der Waals surface area contributed by atoms with Crippen molar-refractivity contribution in [3.05, 3.63) is 23.8 Å². The zero-order chi connectivity index (χ0) is 17.3. The van der Waals surface area contributed by atoms with Crippen LogP contribution in [-0.4, -0.2) is 43.0 Å². The average molecular weight is 368 g/mol. The van der Waals surface area contributed by atoms with Crippen LogP contribution in [0.3, 0.4) is 0 Å². The summed E-state index contributed by atoms with van der Waals surface area (Å²) >= 11 is 0. The third-order valence-electron chi connectivity index (χ3n) is 4.36. The van der Waals surface area contributed by atoms with Gasteiger partial charge in [0.05, 0.1) is 18.4 Å². The SMILES string of the molecule is Cc1cc(NC(=O)[C@H]2NCCO[C@@H]2C)ccc1N1C(=O)CCC1=O.Cl. The van der Waals surface area contributed by atoms with Crippen molar-refractivity contribution >= 4 is 41.5 Å². The molecule has 0 bridgehead atoms. The minimum atomic E-state index is -0.402. The van der Waals surface area contributed by atoms with Crippen molar-refractivity contribution in [2.45, 2.75) is 38.8 Å². The van der Waals surface area contributed by atoms with Crippen molar-refractivity contribution in [3.8, 4) is 0 Å². The Kier molecular flexibility index (Phi) is 6.16. The third kappa shape index (κ3) is 4.00. The van der Waals surface area contributed by atoms with Crippen LogP contribution in [0.15, 0.2) is 18.2 Å². The van der Waals surface area contributed by atoms with Crippen LogP contribution >= 0.6 is 12.4 Å². The largest absolute Gasteiger partial charge is 0.375 e. The van der Waals surface area contributed by atoms with E-state index in [1.807, 2.05) is 13.8 Å². The monoisotopic (exact) mass is 367 g/mol. The van der Waals surface area contributed by atoms with Gasteiger partial charge in [-0.25, -0.2) is 0 Å². The molecule has 2 atom stereocenters. The van der Waals surface area contributed by atoms with Crippen LogP contribution in [0.1, 0.15) is 25.3 Å². The van der Waals surface area contributed by atoms with Gasteiger partial charge in [-0.15, -0.1) is 12.4 Å². The van der Waals surface area contributed by atoms with Crippen molar-refractivity contribution < 1.29 is 19.1 Å². The molecule has 3 rings (SSSR count). The summed E-state index contributed by atoms with van der Waals surface area (Å²) in [5, 5.41) is 5.99. The van der Waals surface area contributed by atoms with Gasteiger partial charge in [0.25, 0.3) is 0 Å². The average Bonchev–Trinajstić information content (AvgIpc) is 2.87. The smallest absolute Gasteiger partial charge is 0.244 e. The number of carbonyl (C=O) groups is 3.